The molecule has 1 heterocycles. The Morgan fingerprint density at radius 2 is 1.89 bits per heavy atom. The zero-order valence-corrected chi connectivity index (χ0v) is 10.9. The van der Waals surface area contributed by atoms with Crippen LogP contribution in [0.1, 0.15) is 24.2 Å². The van der Waals surface area contributed by atoms with Crippen LogP contribution in [0.5, 0.6) is 17.4 Å². The second-order valence-corrected chi connectivity index (χ2v) is 3.89. The van der Waals surface area contributed by atoms with Crippen LogP contribution in [0.3, 0.4) is 0 Å². The summed E-state index contributed by atoms with van der Waals surface area (Å²) in [5.41, 5.74) is 0.453. The molecular weight excluding hydrogens is 242 g/mol. The number of rotatable bonds is 5. The summed E-state index contributed by atoms with van der Waals surface area (Å²) in [5.74, 6) is 1.38. The predicted octanol–water partition coefficient (Wildman–Crippen LogP) is 3.48. The summed E-state index contributed by atoms with van der Waals surface area (Å²) in [4.78, 5) is 15.6. The maximum Gasteiger partial charge on any atom is 0.230 e. The number of aromatic nitrogens is 1. The van der Waals surface area contributed by atoms with Crippen LogP contribution >= 0.6 is 0 Å². The molecule has 0 unspecified atom stereocenters. The molecule has 0 amide bonds. The van der Waals surface area contributed by atoms with Crippen molar-refractivity contribution in [3.8, 4) is 17.4 Å². The highest BCUT2D eigenvalue weighted by atomic mass is 16.5. The molecule has 2 aromatic rings. The number of Topliss-reactive ketones (excluding diaryl/α,β-unsaturated/α-hetero) is 1. The quantitative estimate of drug-likeness (QED) is 0.769. The molecule has 0 saturated carbocycles. The van der Waals surface area contributed by atoms with Crippen molar-refractivity contribution in [3.63, 3.8) is 0 Å². The fraction of sp³-hybridized carbons (Fsp3) is 0.200. The minimum absolute atomic E-state index is 0.0861. The van der Waals surface area contributed by atoms with Crippen LogP contribution in [-0.2, 0) is 0 Å². The third kappa shape index (κ3) is 3.10. The van der Waals surface area contributed by atoms with E-state index in [0.717, 1.165) is 0 Å². The van der Waals surface area contributed by atoms with E-state index in [1.54, 1.807) is 24.4 Å². The van der Waals surface area contributed by atoms with Gasteiger partial charge < -0.3 is 9.47 Å². The Balaban J connectivity index is 2.34. The first-order valence-electron chi connectivity index (χ1n) is 6.08. The molecule has 0 radical (unpaired) electrons. The topological polar surface area (TPSA) is 48.4 Å². The molecule has 0 aliphatic rings. The Morgan fingerprint density at radius 1 is 1.16 bits per heavy atom. The van der Waals surface area contributed by atoms with Gasteiger partial charge in [-0.2, -0.15) is 0 Å². The standard InChI is InChI=1S/C15H15NO3/c1-3-18-13-8-4-5-9-14(13)19-15-12(11(2)17)7-6-10-16-15/h4-10H,3H2,1-2H3. The van der Waals surface area contributed by atoms with Crippen molar-refractivity contribution in [2.24, 2.45) is 0 Å². The highest BCUT2D eigenvalue weighted by Gasteiger charge is 2.12. The molecular formula is C15H15NO3. The van der Waals surface area contributed by atoms with Crippen molar-refractivity contribution < 1.29 is 14.3 Å². The number of nitrogens with zero attached hydrogens (tertiary/aromatic N) is 1. The molecule has 4 nitrogen and oxygen atoms in total. The number of hydrogen-bond acceptors (Lipinski definition) is 4. The number of benzene rings is 1. The van der Waals surface area contributed by atoms with Gasteiger partial charge in [-0.1, -0.05) is 12.1 Å². The fourth-order valence-electron chi connectivity index (χ4n) is 1.65. The average Bonchev–Trinajstić information content (AvgIpc) is 2.42. The highest BCUT2D eigenvalue weighted by molar-refractivity contribution is 5.96. The average molecular weight is 257 g/mol. The predicted molar refractivity (Wildman–Crippen MR) is 71.9 cm³/mol. The summed E-state index contributed by atoms with van der Waals surface area (Å²) in [6.07, 6.45) is 1.59. The van der Waals surface area contributed by atoms with E-state index in [2.05, 4.69) is 4.98 Å². The monoisotopic (exact) mass is 257 g/mol. The number of carbonyl (C=O) groups excluding carboxylic acids is 1. The Morgan fingerprint density at radius 3 is 2.58 bits per heavy atom. The van der Waals surface area contributed by atoms with Crippen LogP contribution in [0.25, 0.3) is 0 Å². The van der Waals surface area contributed by atoms with Crippen molar-refractivity contribution in [2.45, 2.75) is 13.8 Å². The number of ketones is 1. The summed E-state index contributed by atoms with van der Waals surface area (Å²) >= 11 is 0. The van der Waals surface area contributed by atoms with Crippen LogP contribution in [0.2, 0.25) is 0 Å². The fourth-order valence-corrected chi connectivity index (χ4v) is 1.65. The maximum atomic E-state index is 11.5. The van der Waals surface area contributed by atoms with Gasteiger partial charge in [-0.3, -0.25) is 4.79 Å². The van der Waals surface area contributed by atoms with E-state index in [9.17, 15) is 4.79 Å². The van der Waals surface area contributed by atoms with Crippen LogP contribution in [-0.4, -0.2) is 17.4 Å². The lowest BCUT2D eigenvalue weighted by atomic mass is 10.2. The maximum absolute atomic E-state index is 11.5. The minimum Gasteiger partial charge on any atom is -0.490 e. The number of hydrogen-bond donors (Lipinski definition) is 0. The summed E-state index contributed by atoms with van der Waals surface area (Å²) < 4.78 is 11.2. The van der Waals surface area contributed by atoms with E-state index >= 15 is 0 Å². The SMILES string of the molecule is CCOc1ccccc1Oc1ncccc1C(C)=O. The van der Waals surface area contributed by atoms with Gasteiger partial charge in [0, 0.05) is 6.20 Å². The van der Waals surface area contributed by atoms with Crippen LogP contribution in [0.15, 0.2) is 42.6 Å². The molecule has 2 rings (SSSR count). The summed E-state index contributed by atoms with van der Waals surface area (Å²) in [6.45, 7) is 3.93. The lowest BCUT2D eigenvalue weighted by Gasteiger charge is -2.12. The molecule has 0 bridgehead atoms. The largest absolute Gasteiger partial charge is 0.490 e. The summed E-state index contributed by atoms with van der Waals surface area (Å²) in [5, 5.41) is 0. The molecule has 0 N–H and O–H groups in total. The number of ether oxygens (including phenoxy) is 2. The number of para-hydroxylation sites is 2. The van der Waals surface area contributed by atoms with Crippen LogP contribution in [0.4, 0.5) is 0 Å². The molecule has 0 atom stereocenters. The number of pyridine rings is 1. The van der Waals surface area contributed by atoms with E-state index in [1.165, 1.54) is 6.92 Å². The number of carbonyl (C=O) groups is 1. The first kappa shape index (κ1) is 13.1. The van der Waals surface area contributed by atoms with Gasteiger partial charge in [0.05, 0.1) is 12.2 Å². The van der Waals surface area contributed by atoms with E-state index in [1.807, 2.05) is 25.1 Å². The lowest BCUT2D eigenvalue weighted by Crippen LogP contribution is -2.00. The summed E-state index contributed by atoms with van der Waals surface area (Å²) in [6, 6.07) is 10.7. The first-order chi connectivity index (χ1) is 9.22. The molecule has 19 heavy (non-hydrogen) atoms. The lowest BCUT2D eigenvalue weighted by molar-refractivity contribution is 0.101. The summed E-state index contributed by atoms with van der Waals surface area (Å²) in [7, 11) is 0. The Kier molecular flexibility index (Phi) is 4.13. The van der Waals surface area contributed by atoms with Crippen LogP contribution < -0.4 is 9.47 Å². The van der Waals surface area contributed by atoms with Gasteiger partial charge >= 0.3 is 0 Å². The van der Waals surface area contributed by atoms with Gasteiger partial charge in [0.25, 0.3) is 0 Å². The normalized spacial score (nSPS) is 10.0. The molecule has 0 saturated heterocycles. The second kappa shape index (κ2) is 6.00. The van der Waals surface area contributed by atoms with Crippen molar-refractivity contribution >= 4 is 5.78 Å². The molecule has 1 aromatic heterocycles. The zero-order chi connectivity index (χ0) is 13.7. The Bertz CT molecular complexity index is 581. The third-order valence-electron chi connectivity index (χ3n) is 2.51. The van der Waals surface area contributed by atoms with E-state index in [4.69, 9.17) is 9.47 Å². The van der Waals surface area contributed by atoms with Gasteiger partial charge in [-0.05, 0) is 38.1 Å². The van der Waals surface area contributed by atoms with Crippen molar-refractivity contribution in [3.05, 3.63) is 48.2 Å². The van der Waals surface area contributed by atoms with Gasteiger partial charge in [0.1, 0.15) is 0 Å². The van der Waals surface area contributed by atoms with E-state index < -0.39 is 0 Å². The van der Waals surface area contributed by atoms with Gasteiger partial charge in [-0.25, -0.2) is 4.98 Å². The molecule has 98 valence electrons. The van der Waals surface area contributed by atoms with Crippen molar-refractivity contribution in [1.82, 2.24) is 4.98 Å². The Labute approximate surface area is 112 Å². The molecule has 0 aliphatic heterocycles. The molecule has 4 heteroatoms. The third-order valence-corrected chi connectivity index (χ3v) is 2.51. The van der Waals surface area contributed by atoms with Gasteiger partial charge in [0.2, 0.25) is 5.88 Å². The molecule has 1 aromatic carbocycles. The highest BCUT2D eigenvalue weighted by Crippen LogP contribution is 2.31. The van der Waals surface area contributed by atoms with Gasteiger partial charge in [0.15, 0.2) is 17.3 Å². The molecule has 0 spiro atoms. The zero-order valence-electron chi connectivity index (χ0n) is 10.9. The van der Waals surface area contributed by atoms with E-state index in [-0.39, 0.29) is 5.78 Å². The molecule has 0 fully saturated rings. The smallest absolute Gasteiger partial charge is 0.230 e. The molecule has 0 aliphatic carbocycles. The van der Waals surface area contributed by atoms with Gasteiger partial charge in [-0.15, -0.1) is 0 Å². The first-order valence-corrected chi connectivity index (χ1v) is 6.08. The Hall–Kier alpha value is -2.36. The second-order valence-electron chi connectivity index (χ2n) is 3.89. The minimum atomic E-state index is -0.0861. The van der Waals surface area contributed by atoms with Crippen molar-refractivity contribution in [1.29, 1.82) is 0 Å². The van der Waals surface area contributed by atoms with Crippen molar-refractivity contribution in [2.75, 3.05) is 6.61 Å². The van der Waals surface area contributed by atoms with Crippen LogP contribution in [0, 0.1) is 0 Å². The van der Waals surface area contributed by atoms with E-state index in [0.29, 0.717) is 29.5 Å².